The lowest BCUT2D eigenvalue weighted by molar-refractivity contribution is 0.403. The van der Waals surface area contributed by atoms with Gasteiger partial charge in [-0.2, -0.15) is 0 Å². The van der Waals surface area contributed by atoms with Gasteiger partial charge in [-0.15, -0.1) is 6.58 Å². The van der Waals surface area contributed by atoms with Crippen LogP contribution in [0.4, 0.5) is 0 Å². The highest BCUT2D eigenvalue weighted by atomic mass is 16.5. The topological polar surface area (TPSA) is 47.3 Å². The number of rotatable bonds is 7. The number of benzene rings is 1. The second kappa shape index (κ2) is 7.09. The van der Waals surface area contributed by atoms with Crippen molar-refractivity contribution in [3.8, 4) is 5.75 Å². The number of hydrogen-bond acceptors (Lipinski definition) is 3. The maximum atomic E-state index is 5.58. The van der Waals surface area contributed by atoms with E-state index >= 15 is 0 Å². The third-order valence-corrected chi connectivity index (χ3v) is 2.81. The second-order valence-corrected chi connectivity index (χ2v) is 4.38. The molecule has 0 aromatic heterocycles. The van der Waals surface area contributed by atoms with Crippen LogP contribution in [0.2, 0.25) is 0 Å². The van der Waals surface area contributed by atoms with E-state index in [-0.39, 0.29) is 6.04 Å². The summed E-state index contributed by atoms with van der Waals surface area (Å²) < 4.78 is 5.33. The lowest BCUT2D eigenvalue weighted by Crippen LogP contribution is -2.36. The predicted octanol–water partition coefficient (Wildman–Crippen LogP) is 2.43. The number of hydrogen-bond donors (Lipinski definition) is 2. The van der Waals surface area contributed by atoms with Gasteiger partial charge in [0.25, 0.3) is 0 Å². The fourth-order valence-corrected chi connectivity index (χ4v) is 1.80. The van der Waals surface area contributed by atoms with Gasteiger partial charge in [0.15, 0.2) is 0 Å². The van der Waals surface area contributed by atoms with Crippen molar-refractivity contribution in [3.05, 3.63) is 42.0 Å². The molecule has 0 fully saturated rings. The maximum Gasteiger partial charge on any atom is 0.122 e. The summed E-state index contributed by atoms with van der Waals surface area (Å²) in [5, 5.41) is 0. The zero-order chi connectivity index (χ0) is 12.7. The van der Waals surface area contributed by atoms with Crippen LogP contribution in [0.5, 0.6) is 5.75 Å². The van der Waals surface area contributed by atoms with Crippen LogP contribution in [0.3, 0.4) is 0 Å². The summed E-state index contributed by atoms with van der Waals surface area (Å²) in [4.78, 5) is 0. The Kier molecular flexibility index (Phi) is 5.73. The molecule has 3 heteroatoms. The number of allylic oxidation sites excluding steroid dienone is 1. The molecule has 0 aliphatic heterocycles. The van der Waals surface area contributed by atoms with Crippen LogP contribution in [0.15, 0.2) is 36.4 Å². The number of hydrazine groups is 1. The summed E-state index contributed by atoms with van der Waals surface area (Å²) in [5.74, 6) is 6.50. The third-order valence-electron chi connectivity index (χ3n) is 2.81. The van der Waals surface area contributed by atoms with E-state index < -0.39 is 0 Å². The molecular weight excluding hydrogens is 212 g/mol. The van der Waals surface area contributed by atoms with Gasteiger partial charge in [0.1, 0.15) is 5.75 Å². The van der Waals surface area contributed by atoms with Crippen molar-refractivity contribution in [2.45, 2.75) is 32.2 Å². The lowest BCUT2D eigenvalue weighted by atomic mass is 10.00. The minimum Gasteiger partial charge on any atom is -0.496 e. The van der Waals surface area contributed by atoms with E-state index in [2.05, 4.69) is 18.1 Å². The van der Waals surface area contributed by atoms with E-state index in [4.69, 9.17) is 10.6 Å². The number of para-hydroxylation sites is 1. The molecule has 3 nitrogen and oxygen atoms in total. The molecule has 0 spiro atoms. The molecule has 1 atom stereocenters. The zero-order valence-electron chi connectivity index (χ0n) is 10.7. The summed E-state index contributed by atoms with van der Waals surface area (Å²) in [6, 6.07) is 8.29. The largest absolute Gasteiger partial charge is 0.496 e. The van der Waals surface area contributed by atoms with E-state index in [0.29, 0.717) is 0 Å². The van der Waals surface area contributed by atoms with Gasteiger partial charge in [-0.05, 0) is 37.8 Å². The first-order valence-corrected chi connectivity index (χ1v) is 5.89. The molecule has 1 aromatic carbocycles. The fourth-order valence-electron chi connectivity index (χ4n) is 1.80. The van der Waals surface area contributed by atoms with Crippen molar-refractivity contribution in [1.82, 2.24) is 5.43 Å². The Bertz CT molecular complexity index is 363. The van der Waals surface area contributed by atoms with Gasteiger partial charge < -0.3 is 4.74 Å². The minimum absolute atomic E-state index is 0.253. The first-order valence-electron chi connectivity index (χ1n) is 5.89. The highest BCUT2D eigenvalue weighted by Gasteiger charge is 2.10. The Balaban J connectivity index is 2.63. The molecule has 0 bridgehead atoms. The van der Waals surface area contributed by atoms with Gasteiger partial charge in [-0.25, -0.2) is 0 Å². The van der Waals surface area contributed by atoms with E-state index in [1.165, 1.54) is 11.1 Å². The van der Waals surface area contributed by atoms with E-state index in [1.54, 1.807) is 7.11 Å². The molecule has 17 heavy (non-hydrogen) atoms. The molecule has 0 aliphatic carbocycles. The molecule has 0 aliphatic rings. The molecule has 0 saturated heterocycles. The lowest BCUT2D eigenvalue weighted by Gasteiger charge is -2.17. The fraction of sp³-hybridized carbons (Fsp3) is 0.429. The summed E-state index contributed by atoms with van der Waals surface area (Å²) in [7, 11) is 1.69. The Morgan fingerprint density at radius 2 is 2.18 bits per heavy atom. The van der Waals surface area contributed by atoms with Crippen LogP contribution >= 0.6 is 0 Å². The first kappa shape index (κ1) is 13.7. The smallest absolute Gasteiger partial charge is 0.122 e. The number of nitrogens with one attached hydrogen (secondary N) is 1. The molecule has 3 N–H and O–H groups in total. The minimum atomic E-state index is 0.253. The van der Waals surface area contributed by atoms with E-state index in [0.717, 1.165) is 25.0 Å². The Labute approximate surface area is 104 Å². The van der Waals surface area contributed by atoms with Crippen molar-refractivity contribution >= 4 is 0 Å². The molecule has 0 heterocycles. The van der Waals surface area contributed by atoms with Crippen LogP contribution in [-0.4, -0.2) is 13.2 Å². The molecule has 0 amide bonds. The second-order valence-electron chi connectivity index (χ2n) is 4.38. The number of methoxy groups -OCH3 is 1. The average molecular weight is 234 g/mol. The van der Waals surface area contributed by atoms with Crippen LogP contribution in [0.1, 0.15) is 25.3 Å². The van der Waals surface area contributed by atoms with E-state index in [9.17, 15) is 0 Å². The SMILES string of the molecule is C=C(C)CCC(Cc1ccccc1OC)NN. The van der Waals surface area contributed by atoms with Gasteiger partial charge in [0.2, 0.25) is 0 Å². The Hall–Kier alpha value is -1.32. The molecule has 0 saturated carbocycles. The summed E-state index contributed by atoms with van der Waals surface area (Å²) in [5.41, 5.74) is 5.23. The third kappa shape index (κ3) is 4.59. The van der Waals surface area contributed by atoms with Crippen LogP contribution in [-0.2, 0) is 6.42 Å². The molecule has 94 valence electrons. The normalized spacial score (nSPS) is 12.2. The standard InChI is InChI=1S/C14H22N2O/c1-11(2)8-9-13(16-15)10-12-6-4-5-7-14(12)17-3/h4-7,13,16H,1,8-10,15H2,2-3H3. The van der Waals surface area contributed by atoms with Crippen molar-refractivity contribution in [2.24, 2.45) is 5.84 Å². The first-order chi connectivity index (χ1) is 8.17. The Morgan fingerprint density at radius 3 is 2.76 bits per heavy atom. The van der Waals surface area contributed by atoms with Crippen molar-refractivity contribution in [3.63, 3.8) is 0 Å². The quantitative estimate of drug-likeness (QED) is 0.433. The maximum absolute atomic E-state index is 5.58. The number of ether oxygens (including phenoxy) is 1. The molecular formula is C14H22N2O. The summed E-state index contributed by atoms with van der Waals surface area (Å²) >= 11 is 0. The summed E-state index contributed by atoms with van der Waals surface area (Å²) in [6.07, 6.45) is 2.85. The predicted molar refractivity (Wildman–Crippen MR) is 71.9 cm³/mol. The van der Waals surface area contributed by atoms with Crippen LogP contribution in [0.25, 0.3) is 0 Å². The molecule has 1 unspecified atom stereocenters. The zero-order valence-corrected chi connectivity index (χ0v) is 10.7. The molecule has 1 aromatic rings. The van der Waals surface area contributed by atoms with Crippen molar-refractivity contribution in [2.75, 3.05) is 7.11 Å². The highest BCUT2D eigenvalue weighted by Crippen LogP contribution is 2.20. The highest BCUT2D eigenvalue weighted by molar-refractivity contribution is 5.33. The van der Waals surface area contributed by atoms with Gasteiger partial charge in [0.05, 0.1) is 7.11 Å². The monoisotopic (exact) mass is 234 g/mol. The molecule has 1 rings (SSSR count). The summed E-state index contributed by atoms with van der Waals surface area (Å²) in [6.45, 7) is 5.95. The van der Waals surface area contributed by atoms with Crippen LogP contribution in [0, 0.1) is 0 Å². The average Bonchev–Trinajstić information content (AvgIpc) is 2.34. The van der Waals surface area contributed by atoms with Gasteiger partial charge in [-0.1, -0.05) is 23.8 Å². The van der Waals surface area contributed by atoms with Crippen molar-refractivity contribution in [1.29, 1.82) is 0 Å². The molecule has 0 radical (unpaired) electrons. The van der Waals surface area contributed by atoms with Crippen LogP contribution < -0.4 is 16.0 Å². The van der Waals surface area contributed by atoms with Crippen molar-refractivity contribution < 1.29 is 4.74 Å². The Morgan fingerprint density at radius 1 is 1.47 bits per heavy atom. The number of nitrogens with two attached hydrogens (primary N) is 1. The van der Waals surface area contributed by atoms with Gasteiger partial charge in [-0.3, -0.25) is 11.3 Å². The van der Waals surface area contributed by atoms with E-state index in [1.807, 2.05) is 25.1 Å². The van der Waals surface area contributed by atoms with Gasteiger partial charge in [0, 0.05) is 6.04 Å². The van der Waals surface area contributed by atoms with Gasteiger partial charge >= 0.3 is 0 Å².